The van der Waals surface area contributed by atoms with Crippen LogP contribution in [0.4, 0.5) is 18.9 Å². The SMILES string of the molecule is Nc1cc(-c2nc3cc(C(F)(F)F)ccc3o2)ccc1Br. The van der Waals surface area contributed by atoms with Crippen molar-refractivity contribution < 1.29 is 17.6 Å². The van der Waals surface area contributed by atoms with Gasteiger partial charge in [0.05, 0.1) is 5.56 Å². The van der Waals surface area contributed by atoms with E-state index < -0.39 is 11.7 Å². The van der Waals surface area contributed by atoms with E-state index in [9.17, 15) is 13.2 Å². The number of nitrogens with zero attached hydrogens (tertiary/aromatic N) is 1. The lowest BCUT2D eigenvalue weighted by Crippen LogP contribution is -2.03. The van der Waals surface area contributed by atoms with Gasteiger partial charge in [0.15, 0.2) is 5.58 Å². The van der Waals surface area contributed by atoms with E-state index in [1.54, 1.807) is 18.2 Å². The molecule has 2 aromatic carbocycles. The number of alkyl halides is 3. The largest absolute Gasteiger partial charge is 0.436 e. The fourth-order valence-electron chi connectivity index (χ4n) is 1.90. The lowest BCUT2D eigenvalue weighted by molar-refractivity contribution is -0.137. The summed E-state index contributed by atoms with van der Waals surface area (Å²) in [5.41, 5.74) is 6.54. The van der Waals surface area contributed by atoms with Gasteiger partial charge in [-0.2, -0.15) is 13.2 Å². The number of nitrogens with two attached hydrogens (primary N) is 1. The lowest BCUT2D eigenvalue weighted by Gasteiger charge is -2.04. The minimum atomic E-state index is -4.41. The second kappa shape index (κ2) is 4.77. The van der Waals surface area contributed by atoms with Crippen LogP contribution in [0.25, 0.3) is 22.6 Å². The summed E-state index contributed by atoms with van der Waals surface area (Å²) in [6.45, 7) is 0. The molecule has 0 fully saturated rings. The van der Waals surface area contributed by atoms with Gasteiger partial charge in [-0.05, 0) is 52.3 Å². The summed E-state index contributed by atoms with van der Waals surface area (Å²) < 4.78 is 44.2. The molecule has 0 saturated carbocycles. The first kappa shape index (κ1) is 13.9. The average Bonchev–Trinajstić information content (AvgIpc) is 2.83. The molecule has 3 aromatic rings. The highest BCUT2D eigenvalue weighted by atomic mass is 79.9. The van der Waals surface area contributed by atoms with Crippen LogP contribution in [0.15, 0.2) is 45.3 Å². The molecule has 0 aliphatic carbocycles. The number of fused-ring (bicyclic) bond motifs is 1. The average molecular weight is 357 g/mol. The maximum Gasteiger partial charge on any atom is 0.416 e. The molecule has 0 amide bonds. The van der Waals surface area contributed by atoms with Gasteiger partial charge in [0.1, 0.15) is 5.52 Å². The zero-order valence-electron chi connectivity index (χ0n) is 10.4. The van der Waals surface area contributed by atoms with E-state index in [1.807, 2.05) is 0 Å². The second-order valence-electron chi connectivity index (χ2n) is 4.44. The zero-order chi connectivity index (χ0) is 15.2. The number of oxazole rings is 1. The Hall–Kier alpha value is -2.02. The third-order valence-electron chi connectivity index (χ3n) is 2.96. The van der Waals surface area contributed by atoms with Crippen LogP contribution in [0, 0.1) is 0 Å². The Bertz CT molecular complexity index is 827. The van der Waals surface area contributed by atoms with Crippen LogP contribution in [0.2, 0.25) is 0 Å². The number of anilines is 1. The molecule has 0 unspecified atom stereocenters. The van der Waals surface area contributed by atoms with E-state index in [0.29, 0.717) is 16.8 Å². The van der Waals surface area contributed by atoms with Crippen molar-refractivity contribution in [2.45, 2.75) is 6.18 Å². The Morgan fingerprint density at radius 1 is 1.10 bits per heavy atom. The van der Waals surface area contributed by atoms with Gasteiger partial charge in [-0.15, -0.1) is 0 Å². The van der Waals surface area contributed by atoms with Crippen molar-refractivity contribution in [1.29, 1.82) is 0 Å². The number of halogens is 4. The summed E-state index contributed by atoms with van der Waals surface area (Å²) >= 11 is 3.27. The van der Waals surface area contributed by atoms with Gasteiger partial charge in [0, 0.05) is 15.7 Å². The van der Waals surface area contributed by atoms with Gasteiger partial charge < -0.3 is 10.2 Å². The van der Waals surface area contributed by atoms with Gasteiger partial charge in [-0.3, -0.25) is 0 Å². The van der Waals surface area contributed by atoms with Crippen LogP contribution < -0.4 is 5.73 Å². The van der Waals surface area contributed by atoms with Crippen molar-refractivity contribution in [3.8, 4) is 11.5 Å². The summed E-state index contributed by atoms with van der Waals surface area (Å²) in [7, 11) is 0. The molecule has 21 heavy (non-hydrogen) atoms. The molecule has 2 N–H and O–H groups in total. The van der Waals surface area contributed by atoms with E-state index in [4.69, 9.17) is 10.2 Å². The van der Waals surface area contributed by atoms with Crippen LogP contribution >= 0.6 is 15.9 Å². The molecule has 3 nitrogen and oxygen atoms in total. The molecular formula is C14H8BrF3N2O. The molecule has 0 radical (unpaired) electrons. The Morgan fingerprint density at radius 3 is 2.52 bits per heavy atom. The Labute approximate surface area is 125 Å². The first-order chi connectivity index (χ1) is 9.84. The van der Waals surface area contributed by atoms with Gasteiger partial charge in [0.25, 0.3) is 0 Å². The van der Waals surface area contributed by atoms with E-state index in [0.717, 1.165) is 16.6 Å². The predicted molar refractivity (Wildman–Crippen MR) is 76.6 cm³/mol. The molecule has 0 atom stereocenters. The van der Waals surface area contributed by atoms with Crippen LogP contribution in [0.1, 0.15) is 5.56 Å². The third kappa shape index (κ3) is 2.61. The molecule has 1 aromatic heterocycles. The first-order valence-electron chi connectivity index (χ1n) is 5.88. The summed E-state index contributed by atoms with van der Waals surface area (Å²) in [5, 5.41) is 0. The van der Waals surface area contributed by atoms with Crippen LogP contribution in [-0.4, -0.2) is 4.98 Å². The third-order valence-corrected chi connectivity index (χ3v) is 3.68. The fourth-order valence-corrected chi connectivity index (χ4v) is 2.15. The number of hydrogen-bond acceptors (Lipinski definition) is 3. The highest BCUT2D eigenvalue weighted by Crippen LogP contribution is 2.33. The fraction of sp³-hybridized carbons (Fsp3) is 0.0714. The standard InChI is InChI=1S/C14H8BrF3N2O/c15-9-3-1-7(5-10(9)19)13-20-11-6-8(14(16,17)18)2-4-12(11)21-13/h1-6H,19H2. The Kier molecular flexibility index (Phi) is 3.16. The highest BCUT2D eigenvalue weighted by molar-refractivity contribution is 9.10. The van der Waals surface area contributed by atoms with Crippen LogP contribution in [0.5, 0.6) is 0 Å². The predicted octanol–water partition coefficient (Wildman–Crippen LogP) is 4.86. The molecule has 0 aliphatic rings. The summed E-state index contributed by atoms with van der Waals surface area (Å²) in [5.74, 6) is 0.225. The van der Waals surface area contributed by atoms with Crippen molar-refractivity contribution in [3.05, 3.63) is 46.4 Å². The number of hydrogen-bond donors (Lipinski definition) is 1. The molecule has 0 spiro atoms. The van der Waals surface area contributed by atoms with Gasteiger partial charge in [-0.25, -0.2) is 4.98 Å². The van der Waals surface area contributed by atoms with E-state index in [-0.39, 0.29) is 11.4 Å². The van der Waals surface area contributed by atoms with Crippen LogP contribution in [-0.2, 0) is 6.18 Å². The lowest BCUT2D eigenvalue weighted by atomic mass is 10.2. The van der Waals surface area contributed by atoms with E-state index in [1.165, 1.54) is 6.07 Å². The normalized spacial score (nSPS) is 12.0. The van der Waals surface area contributed by atoms with E-state index >= 15 is 0 Å². The topological polar surface area (TPSA) is 52.0 Å². The van der Waals surface area contributed by atoms with Gasteiger partial charge in [0.2, 0.25) is 5.89 Å². The molecule has 7 heteroatoms. The number of aromatic nitrogens is 1. The molecule has 0 saturated heterocycles. The summed E-state index contributed by atoms with van der Waals surface area (Å²) in [6, 6.07) is 8.27. The van der Waals surface area contributed by atoms with E-state index in [2.05, 4.69) is 20.9 Å². The minimum Gasteiger partial charge on any atom is -0.436 e. The number of benzene rings is 2. The van der Waals surface area contributed by atoms with Gasteiger partial charge >= 0.3 is 6.18 Å². The Morgan fingerprint density at radius 2 is 1.86 bits per heavy atom. The molecule has 1 heterocycles. The Balaban J connectivity index is 2.10. The summed E-state index contributed by atoms with van der Waals surface area (Å²) in [6.07, 6.45) is -4.41. The van der Waals surface area contributed by atoms with Crippen molar-refractivity contribution in [2.75, 3.05) is 5.73 Å². The van der Waals surface area contributed by atoms with Crippen LogP contribution in [0.3, 0.4) is 0 Å². The monoisotopic (exact) mass is 356 g/mol. The zero-order valence-corrected chi connectivity index (χ0v) is 12.0. The smallest absolute Gasteiger partial charge is 0.416 e. The second-order valence-corrected chi connectivity index (χ2v) is 5.29. The van der Waals surface area contributed by atoms with Gasteiger partial charge in [-0.1, -0.05) is 0 Å². The minimum absolute atomic E-state index is 0.154. The van der Waals surface area contributed by atoms with Crippen molar-refractivity contribution in [3.63, 3.8) is 0 Å². The molecular weight excluding hydrogens is 349 g/mol. The van der Waals surface area contributed by atoms with Crippen molar-refractivity contribution in [2.24, 2.45) is 0 Å². The molecule has 0 aliphatic heterocycles. The van der Waals surface area contributed by atoms with Crippen molar-refractivity contribution in [1.82, 2.24) is 4.98 Å². The quantitative estimate of drug-likeness (QED) is 0.633. The maximum absolute atomic E-state index is 12.7. The van der Waals surface area contributed by atoms with Crippen molar-refractivity contribution >= 4 is 32.7 Å². The first-order valence-corrected chi connectivity index (χ1v) is 6.67. The maximum atomic E-state index is 12.7. The number of rotatable bonds is 1. The highest BCUT2D eigenvalue weighted by Gasteiger charge is 2.31. The molecule has 3 rings (SSSR count). The molecule has 108 valence electrons. The number of nitrogen functional groups attached to an aromatic ring is 1. The molecule has 0 bridgehead atoms. The summed E-state index contributed by atoms with van der Waals surface area (Å²) in [4.78, 5) is 4.09.